The average Bonchev–Trinajstić information content (AvgIpc) is 2.57. The molecule has 0 bridgehead atoms. The van der Waals surface area contributed by atoms with Gasteiger partial charge in [-0.1, -0.05) is 117 Å². The number of amides is 1. The van der Waals surface area contributed by atoms with Gasteiger partial charge in [-0.15, -0.1) is 0 Å². The molecule has 0 fully saturated rings. The Kier molecular flexibility index (Phi) is 18.4. The van der Waals surface area contributed by atoms with Gasteiger partial charge in [0.05, 0.1) is 0 Å². The van der Waals surface area contributed by atoms with E-state index in [2.05, 4.69) is 13.8 Å². The molecule has 0 aliphatic carbocycles. The Morgan fingerprint density at radius 2 is 0.875 bits per heavy atom. The first-order chi connectivity index (χ1) is 11.7. The second kappa shape index (κ2) is 18.8. The second-order valence-corrected chi connectivity index (χ2v) is 7.63. The minimum Gasteiger partial charge on any atom is -0.369 e. The molecule has 0 aliphatic rings. The third-order valence-electron chi connectivity index (χ3n) is 5.21. The Bertz CT molecular complexity index is 265. The van der Waals surface area contributed by atoms with E-state index >= 15 is 0 Å². The number of nitrogens with two attached hydrogens (primary N) is 1. The smallest absolute Gasteiger partial charge is 0.220 e. The fraction of sp³-hybridized carbons (Fsp3) is 0.955. The summed E-state index contributed by atoms with van der Waals surface area (Å²) in [6, 6.07) is 0. The second-order valence-electron chi connectivity index (χ2n) is 7.63. The molecule has 0 heterocycles. The number of carbonyl (C=O) groups excluding carboxylic acids is 1. The molecular formula is C22H45NO. The Labute approximate surface area is 152 Å². The SMILES string of the molecule is CCCCCCCCCCCCCCCC(CCCCC)C(N)=O. The molecule has 2 heteroatoms. The zero-order chi connectivity index (χ0) is 17.9. The van der Waals surface area contributed by atoms with Gasteiger partial charge in [0.15, 0.2) is 0 Å². The van der Waals surface area contributed by atoms with Crippen molar-refractivity contribution in [1.29, 1.82) is 0 Å². The summed E-state index contributed by atoms with van der Waals surface area (Å²) in [5.41, 5.74) is 5.53. The molecule has 0 rings (SSSR count). The van der Waals surface area contributed by atoms with E-state index in [4.69, 9.17) is 5.73 Å². The van der Waals surface area contributed by atoms with Crippen molar-refractivity contribution in [3.05, 3.63) is 0 Å². The molecule has 2 N–H and O–H groups in total. The first kappa shape index (κ1) is 23.5. The van der Waals surface area contributed by atoms with E-state index in [0.717, 1.165) is 19.3 Å². The Hall–Kier alpha value is -0.530. The molecule has 0 aromatic heterocycles. The lowest BCUT2D eigenvalue weighted by Crippen LogP contribution is -2.23. The van der Waals surface area contributed by atoms with E-state index in [-0.39, 0.29) is 11.8 Å². The van der Waals surface area contributed by atoms with E-state index in [1.807, 2.05) is 0 Å². The van der Waals surface area contributed by atoms with Gasteiger partial charge in [0, 0.05) is 5.92 Å². The molecule has 144 valence electrons. The van der Waals surface area contributed by atoms with Crippen LogP contribution in [0.2, 0.25) is 0 Å². The van der Waals surface area contributed by atoms with Crippen molar-refractivity contribution < 1.29 is 4.79 Å². The summed E-state index contributed by atoms with van der Waals surface area (Å²) < 4.78 is 0. The molecule has 0 saturated heterocycles. The summed E-state index contributed by atoms with van der Waals surface area (Å²) in [4.78, 5) is 11.5. The predicted molar refractivity (Wildman–Crippen MR) is 107 cm³/mol. The predicted octanol–water partition coefficient (Wildman–Crippen LogP) is 7.15. The van der Waals surface area contributed by atoms with E-state index in [9.17, 15) is 4.79 Å². The summed E-state index contributed by atoms with van der Waals surface area (Å²) in [5, 5.41) is 0. The number of carbonyl (C=O) groups is 1. The van der Waals surface area contributed by atoms with Gasteiger partial charge in [-0.2, -0.15) is 0 Å². The summed E-state index contributed by atoms with van der Waals surface area (Å²) in [6.07, 6.45) is 23.5. The van der Waals surface area contributed by atoms with Crippen molar-refractivity contribution in [3.63, 3.8) is 0 Å². The zero-order valence-electron chi connectivity index (χ0n) is 16.8. The molecule has 0 aromatic rings. The summed E-state index contributed by atoms with van der Waals surface area (Å²) in [7, 11) is 0. The van der Waals surface area contributed by atoms with Gasteiger partial charge in [0.2, 0.25) is 5.91 Å². The highest BCUT2D eigenvalue weighted by Gasteiger charge is 2.13. The van der Waals surface area contributed by atoms with Crippen molar-refractivity contribution >= 4 is 5.91 Å². The number of primary amides is 1. The number of hydrogen-bond acceptors (Lipinski definition) is 1. The zero-order valence-corrected chi connectivity index (χ0v) is 16.8. The molecule has 0 aromatic carbocycles. The first-order valence-electron chi connectivity index (χ1n) is 11.0. The van der Waals surface area contributed by atoms with Crippen LogP contribution in [0.4, 0.5) is 0 Å². The van der Waals surface area contributed by atoms with Crippen LogP contribution in [0.15, 0.2) is 0 Å². The lowest BCUT2D eigenvalue weighted by atomic mass is 9.94. The van der Waals surface area contributed by atoms with Gasteiger partial charge in [-0.3, -0.25) is 4.79 Å². The molecule has 1 unspecified atom stereocenters. The first-order valence-corrected chi connectivity index (χ1v) is 11.0. The van der Waals surface area contributed by atoms with Gasteiger partial charge in [-0.25, -0.2) is 0 Å². The van der Waals surface area contributed by atoms with Crippen LogP contribution >= 0.6 is 0 Å². The van der Waals surface area contributed by atoms with Gasteiger partial charge in [0.1, 0.15) is 0 Å². The van der Waals surface area contributed by atoms with Crippen molar-refractivity contribution in [2.75, 3.05) is 0 Å². The quantitative estimate of drug-likeness (QED) is 0.249. The molecule has 0 saturated carbocycles. The van der Waals surface area contributed by atoms with Crippen LogP contribution in [0.5, 0.6) is 0 Å². The molecule has 2 nitrogen and oxygen atoms in total. The third kappa shape index (κ3) is 16.3. The van der Waals surface area contributed by atoms with Crippen LogP contribution in [0.25, 0.3) is 0 Å². The maximum atomic E-state index is 11.5. The molecule has 0 spiro atoms. The largest absolute Gasteiger partial charge is 0.369 e. The number of unbranched alkanes of at least 4 members (excludes halogenated alkanes) is 14. The lowest BCUT2D eigenvalue weighted by Gasteiger charge is -2.12. The molecule has 0 radical (unpaired) electrons. The number of rotatable bonds is 19. The van der Waals surface area contributed by atoms with E-state index in [1.54, 1.807) is 0 Å². The van der Waals surface area contributed by atoms with Crippen LogP contribution < -0.4 is 5.73 Å². The van der Waals surface area contributed by atoms with E-state index in [0.29, 0.717) is 0 Å². The van der Waals surface area contributed by atoms with Gasteiger partial charge in [-0.05, 0) is 12.8 Å². The molecule has 24 heavy (non-hydrogen) atoms. The van der Waals surface area contributed by atoms with Gasteiger partial charge >= 0.3 is 0 Å². The molecule has 1 atom stereocenters. The standard InChI is InChI=1S/C22H45NO/c1-3-5-7-8-9-10-11-12-13-14-15-16-18-20-21(22(23)24)19-17-6-4-2/h21H,3-20H2,1-2H3,(H2,23,24). The lowest BCUT2D eigenvalue weighted by molar-refractivity contribution is -0.122. The van der Waals surface area contributed by atoms with Crippen LogP contribution in [-0.4, -0.2) is 5.91 Å². The van der Waals surface area contributed by atoms with Crippen LogP contribution in [0.1, 0.15) is 129 Å². The third-order valence-corrected chi connectivity index (χ3v) is 5.21. The average molecular weight is 340 g/mol. The maximum absolute atomic E-state index is 11.5. The van der Waals surface area contributed by atoms with Gasteiger partial charge in [0.25, 0.3) is 0 Å². The highest BCUT2D eigenvalue weighted by atomic mass is 16.1. The van der Waals surface area contributed by atoms with Crippen LogP contribution in [0.3, 0.4) is 0 Å². The van der Waals surface area contributed by atoms with Crippen molar-refractivity contribution in [2.45, 2.75) is 129 Å². The maximum Gasteiger partial charge on any atom is 0.220 e. The summed E-state index contributed by atoms with van der Waals surface area (Å²) >= 11 is 0. The van der Waals surface area contributed by atoms with E-state index < -0.39 is 0 Å². The van der Waals surface area contributed by atoms with Crippen molar-refractivity contribution in [2.24, 2.45) is 11.7 Å². The molecular weight excluding hydrogens is 294 g/mol. The fourth-order valence-electron chi connectivity index (χ4n) is 3.48. The Morgan fingerprint density at radius 1 is 0.583 bits per heavy atom. The highest BCUT2D eigenvalue weighted by molar-refractivity contribution is 5.76. The molecule has 0 aliphatic heterocycles. The van der Waals surface area contributed by atoms with Crippen molar-refractivity contribution in [1.82, 2.24) is 0 Å². The number of hydrogen-bond donors (Lipinski definition) is 1. The van der Waals surface area contributed by atoms with Gasteiger partial charge < -0.3 is 5.73 Å². The Morgan fingerprint density at radius 3 is 1.25 bits per heavy atom. The molecule has 1 amide bonds. The normalized spacial score (nSPS) is 12.4. The minimum absolute atomic E-state index is 0.0787. The van der Waals surface area contributed by atoms with E-state index in [1.165, 1.54) is 96.3 Å². The minimum atomic E-state index is -0.0787. The van der Waals surface area contributed by atoms with Crippen molar-refractivity contribution in [3.8, 4) is 0 Å². The highest BCUT2D eigenvalue weighted by Crippen LogP contribution is 2.18. The Balaban J connectivity index is 3.32. The van der Waals surface area contributed by atoms with Crippen LogP contribution in [0, 0.1) is 5.92 Å². The van der Waals surface area contributed by atoms with Crippen LogP contribution in [-0.2, 0) is 4.79 Å². The monoisotopic (exact) mass is 339 g/mol. The summed E-state index contributed by atoms with van der Waals surface area (Å²) in [5.74, 6) is 0.0503. The fourth-order valence-corrected chi connectivity index (χ4v) is 3.48. The summed E-state index contributed by atoms with van der Waals surface area (Å²) in [6.45, 7) is 4.48. The topological polar surface area (TPSA) is 43.1 Å².